The lowest BCUT2D eigenvalue weighted by Gasteiger charge is -2.20. The maximum absolute atomic E-state index is 11.9. The minimum Gasteiger partial charge on any atom is -0.481 e. The number of carboxylic acids is 1. The van der Waals surface area contributed by atoms with E-state index in [0.29, 0.717) is 18.0 Å². The van der Waals surface area contributed by atoms with Gasteiger partial charge >= 0.3 is 5.97 Å². The molecule has 1 rings (SSSR count). The minimum absolute atomic E-state index is 0.291. The van der Waals surface area contributed by atoms with Crippen molar-refractivity contribution in [1.82, 2.24) is 4.90 Å². The smallest absolute Gasteiger partial charge is 0.316 e. The first-order chi connectivity index (χ1) is 8.45. The van der Waals surface area contributed by atoms with Gasteiger partial charge in [-0.15, -0.1) is 0 Å². The molecule has 0 aliphatic carbocycles. The number of aliphatic carboxylic acids is 1. The summed E-state index contributed by atoms with van der Waals surface area (Å²) in [6, 6.07) is 7.11. The van der Waals surface area contributed by atoms with Gasteiger partial charge in [-0.25, -0.2) is 0 Å². The number of benzene rings is 1. The molecule has 1 unspecified atom stereocenters. The average Bonchev–Trinajstić information content (AvgIpc) is 2.32. The van der Waals surface area contributed by atoms with Crippen LogP contribution in [0.25, 0.3) is 0 Å². The van der Waals surface area contributed by atoms with Crippen molar-refractivity contribution in [3.05, 3.63) is 34.9 Å². The number of carbonyl (C=O) groups is 2. The molecular formula is C13H16ClNO3. The van der Waals surface area contributed by atoms with E-state index < -0.39 is 11.9 Å². The molecule has 0 saturated heterocycles. The maximum Gasteiger partial charge on any atom is 0.316 e. The van der Waals surface area contributed by atoms with Gasteiger partial charge in [0, 0.05) is 18.6 Å². The molecule has 0 spiro atoms. The van der Waals surface area contributed by atoms with Crippen LogP contribution in [0.4, 0.5) is 0 Å². The molecule has 1 aromatic rings. The van der Waals surface area contributed by atoms with Crippen molar-refractivity contribution >= 4 is 23.5 Å². The summed E-state index contributed by atoms with van der Waals surface area (Å²) in [6.45, 7) is 2.06. The van der Waals surface area contributed by atoms with E-state index in [0.717, 1.165) is 5.56 Å². The number of amides is 1. The van der Waals surface area contributed by atoms with Crippen molar-refractivity contribution in [2.24, 2.45) is 5.92 Å². The van der Waals surface area contributed by atoms with Gasteiger partial charge < -0.3 is 10.0 Å². The number of hydrogen-bond donors (Lipinski definition) is 1. The van der Waals surface area contributed by atoms with Crippen LogP contribution >= 0.6 is 11.6 Å². The predicted octanol–water partition coefficient (Wildman–Crippen LogP) is 2.41. The third-order valence-electron chi connectivity index (χ3n) is 2.71. The largest absolute Gasteiger partial charge is 0.481 e. The van der Waals surface area contributed by atoms with Crippen molar-refractivity contribution < 1.29 is 14.7 Å². The minimum atomic E-state index is -1.08. The molecule has 5 heteroatoms. The molecule has 0 aliphatic rings. The summed E-state index contributed by atoms with van der Waals surface area (Å²) in [7, 11) is 1.60. The Morgan fingerprint density at radius 2 is 1.89 bits per heavy atom. The molecule has 18 heavy (non-hydrogen) atoms. The summed E-state index contributed by atoms with van der Waals surface area (Å²) < 4.78 is 0. The highest BCUT2D eigenvalue weighted by Gasteiger charge is 2.26. The van der Waals surface area contributed by atoms with E-state index in [9.17, 15) is 9.59 Å². The number of nitrogens with zero attached hydrogens (tertiary/aromatic N) is 1. The molecule has 1 N–H and O–H groups in total. The quantitative estimate of drug-likeness (QED) is 0.835. The van der Waals surface area contributed by atoms with Gasteiger partial charge in [0.1, 0.15) is 5.92 Å². The molecule has 0 saturated carbocycles. The summed E-state index contributed by atoms with van der Waals surface area (Å²) in [5, 5.41) is 9.56. The van der Waals surface area contributed by atoms with Crippen LogP contribution in [0, 0.1) is 5.92 Å². The van der Waals surface area contributed by atoms with E-state index in [-0.39, 0.29) is 5.91 Å². The van der Waals surface area contributed by atoms with Crippen LogP contribution in [0.2, 0.25) is 5.02 Å². The van der Waals surface area contributed by atoms with Crippen molar-refractivity contribution in [3.63, 3.8) is 0 Å². The predicted molar refractivity (Wildman–Crippen MR) is 69.3 cm³/mol. The number of halogens is 1. The Balaban J connectivity index is 2.70. The van der Waals surface area contributed by atoms with Crippen LogP contribution in [-0.2, 0) is 16.1 Å². The van der Waals surface area contributed by atoms with Crippen LogP contribution in [0.1, 0.15) is 18.9 Å². The van der Waals surface area contributed by atoms with E-state index in [1.54, 1.807) is 26.1 Å². The highest BCUT2D eigenvalue weighted by molar-refractivity contribution is 6.30. The molecule has 98 valence electrons. The van der Waals surface area contributed by atoms with Gasteiger partial charge in [-0.2, -0.15) is 0 Å². The van der Waals surface area contributed by atoms with Crippen LogP contribution in [-0.4, -0.2) is 28.9 Å². The van der Waals surface area contributed by atoms with Crippen LogP contribution in [0.15, 0.2) is 24.3 Å². The molecule has 0 heterocycles. The first-order valence-electron chi connectivity index (χ1n) is 5.68. The van der Waals surface area contributed by atoms with Gasteiger partial charge in [-0.3, -0.25) is 9.59 Å². The van der Waals surface area contributed by atoms with Crippen molar-refractivity contribution in [3.8, 4) is 0 Å². The van der Waals surface area contributed by atoms with Crippen LogP contribution in [0.3, 0.4) is 0 Å². The number of carboxylic acid groups (broad SMARTS) is 1. The zero-order valence-corrected chi connectivity index (χ0v) is 11.1. The monoisotopic (exact) mass is 269 g/mol. The van der Waals surface area contributed by atoms with Crippen LogP contribution in [0.5, 0.6) is 0 Å². The van der Waals surface area contributed by atoms with Gasteiger partial charge in [0.05, 0.1) is 0 Å². The Morgan fingerprint density at radius 3 is 2.33 bits per heavy atom. The molecule has 0 radical (unpaired) electrons. The summed E-state index contributed by atoms with van der Waals surface area (Å²) in [5.41, 5.74) is 0.912. The van der Waals surface area contributed by atoms with Crippen molar-refractivity contribution in [2.75, 3.05) is 7.05 Å². The molecule has 4 nitrogen and oxygen atoms in total. The normalized spacial score (nSPS) is 11.9. The second kappa shape index (κ2) is 6.40. The van der Waals surface area contributed by atoms with Gasteiger partial charge in [-0.1, -0.05) is 30.7 Å². The summed E-state index contributed by atoms with van der Waals surface area (Å²) in [4.78, 5) is 24.2. The first kappa shape index (κ1) is 14.5. The zero-order valence-electron chi connectivity index (χ0n) is 10.4. The lowest BCUT2D eigenvalue weighted by Crippen LogP contribution is -2.36. The lowest BCUT2D eigenvalue weighted by molar-refractivity contribution is -0.150. The van der Waals surface area contributed by atoms with Crippen molar-refractivity contribution in [1.29, 1.82) is 0 Å². The van der Waals surface area contributed by atoms with Gasteiger partial charge in [0.25, 0.3) is 0 Å². The third kappa shape index (κ3) is 3.74. The Morgan fingerprint density at radius 1 is 1.33 bits per heavy atom. The summed E-state index contributed by atoms with van der Waals surface area (Å²) in [6.07, 6.45) is 0.291. The number of carbonyl (C=O) groups excluding carboxylic acids is 1. The van der Waals surface area contributed by atoms with Gasteiger partial charge in [0.2, 0.25) is 5.91 Å². The molecule has 0 aromatic heterocycles. The Kier molecular flexibility index (Phi) is 5.16. The number of hydrogen-bond acceptors (Lipinski definition) is 2. The second-order valence-corrected chi connectivity index (χ2v) is 4.56. The molecular weight excluding hydrogens is 254 g/mol. The molecule has 0 aliphatic heterocycles. The van der Waals surface area contributed by atoms with Crippen LogP contribution < -0.4 is 0 Å². The molecule has 1 atom stereocenters. The highest BCUT2D eigenvalue weighted by Crippen LogP contribution is 2.13. The first-order valence-corrected chi connectivity index (χ1v) is 6.05. The summed E-state index contributed by atoms with van der Waals surface area (Å²) >= 11 is 5.77. The van der Waals surface area contributed by atoms with E-state index >= 15 is 0 Å². The molecule has 1 amide bonds. The second-order valence-electron chi connectivity index (χ2n) is 4.12. The Labute approximate surface area is 111 Å². The lowest BCUT2D eigenvalue weighted by atomic mass is 10.1. The SMILES string of the molecule is CCC(C(=O)O)C(=O)N(C)Cc1ccc(Cl)cc1. The van der Waals surface area contributed by atoms with Gasteiger partial charge in [-0.05, 0) is 24.1 Å². The highest BCUT2D eigenvalue weighted by atomic mass is 35.5. The summed E-state index contributed by atoms with van der Waals surface area (Å²) in [5.74, 6) is -2.42. The molecule has 0 bridgehead atoms. The third-order valence-corrected chi connectivity index (χ3v) is 2.97. The Bertz CT molecular complexity index is 430. The number of rotatable bonds is 5. The van der Waals surface area contributed by atoms with Gasteiger partial charge in [0.15, 0.2) is 0 Å². The Hall–Kier alpha value is -1.55. The fraction of sp³-hybridized carbons (Fsp3) is 0.385. The topological polar surface area (TPSA) is 57.6 Å². The fourth-order valence-corrected chi connectivity index (χ4v) is 1.79. The maximum atomic E-state index is 11.9. The molecule has 0 fully saturated rings. The van der Waals surface area contributed by atoms with E-state index in [2.05, 4.69) is 0 Å². The van der Waals surface area contributed by atoms with E-state index in [1.807, 2.05) is 12.1 Å². The zero-order chi connectivity index (χ0) is 13.7. The van der Waals surface area contributed by atoms with Crippen molar-refractivity contribution in [2.45, 2.75) is 19.9 Å². The fourth-order valence-electron chi connectivity index (χ4n) is 1.66. The molecule has 1 aromatic carbocycles. The average molecular weight is 270 g/mol. The standard InChI is InChI=1S/C13H16ClNO3/c1-3-11(13(17)18)12(16)15(2)8-9-4-6-10(14)7-5-9/h4-7,11H,3,8H2,1-2H3,(H,17,18). The van der Waals surface area contributed by atoms with E-state index in [1.165, 1.54) is 4.90 Å². The van der Waals surface area contributed by atoms with E-state index in [4.69, 9.17) is 16.7 Å².